The normalized spacial score (nSPS) is 20.0. The fraction of sp³-hybridized carbons (Fsp3) is 0.409. The van der Waals surface area contributed by atoms with Crippen molar-refractivity contribution in [3.05, 3.63) is 47.5 Å². The van der Waals surface area contributed by atoms with Gasteiger partial charge in [0.05, 0.1) is 12.0 Å². The Morgan fingerprint density at radius 3 is 2.53 bits per heavy atom. The number of fused-ring (bicyclic) bond motifs is 1. The Morgan fingerprint density at radius 1 is 1.13 bits per heavy atom. The summed E-state index contributed by atoms with van der Waals surface area (Å²) in [5.41, 5.74) is 11.4. The van der Waals surface area contributed by atoms with Crippen molar-refractivity contribution in [1.82, 2.24) is 0 Å². The molecule has 1 atom stereocenters. The maximum absolute atomic E-state index is 12.9. The van der Waals surface area contributed by atoms with E-state index >= 15 is 0 Å². The van der Waals surface area contributed by atoms with Gasteiger partial charge in [-0.1, -0.05) is 0 Å². The summed E-state index contributed by atoms with van der Waals surface area (Å²) >= 11 is 0. The lowest BCUT2D eigenvalue weighted by Crippen LogP contribution is -2.41. The van der Waals surface area contributed by atoms with E-state index in [0.29, 0.717) is 19.5 Å². The Morgan fingerprint density at radius 2 is 1.87 bits per heavy atom. The van der Waals surface area contributed by atoms with Gasteiger partial charge in [0.2, 0.25) is 5.91 Å². The number of amides is 1. The number of rotatable bonds is 3. The Bertz CT molecular complexity index is 952. The van der Waals surface area contributed by atoms with Crippen LogP contribution in [0.25, 0.3) is 0 Å². The second-order valence-corrected chi connectivity index (χ2v) is 8.10. The number of benzene rings is 2. The predicted molar refractivity (Wildman–Crippen MR) is 112 cm³/mol. The SMILES string of the molecule is Cc1cc(N2CCC(C(F)(F)F)CC2)ccc1Nc1ccc2c(c1)CC(N)C(=O)N2. The quantitative estimate of drug-likeness (QED) is 0.694. The van der Waals surface area contributed by atoms with E-state index in [0.717, 1.165) is 33.9 Å². The van der Waals surface area contributed by atoms with E-state index in [4.69, 9.17) is 5.73 Å². The van der Waals surface area contributed by atoms with Crippen molar-refractivity contribution in [2.75, 3.05) is 28.6 Å². The van der Waals surface area contributed by atoms with Gasteiger partial charge in [-0.3, -0.25) is 4.79 Å². The highest BCUT2D eigenvalue weighted by molar-refractivity contribution is 5.98. The van der Waals surface area contributed by atoms with Crippen molar-refractivity contribution < 1.29 is 18.0 Å². The molecule has 160 valence electrons. The molecule has 0 aromatic heterocycles. The zero-order chi connectivity index (χ0) is 21.5. The number of carbonyl (C=O) groups excluding carboxylic acids is 1. The average molecular weight is 418 g/mol. The summed E-state index contributed by atoms with van der Waals surface area (Å²) in [6.07, 6.45) is -3.34. The molecule has 2 aliphatic rings. The van der Waals surface area contributed by atoms with Crippen LogP contribution in [0.3, 0.4) is 0 Å². The van der Waals surface area contributed by atoms with Crippen LogP contribution in [0.2, 0.25) is 0 Å². The van der Waals surface area contributed by atoms with Gasteiger partial charge in [-0.25, -0.2) is 0 Å². The molecule has 2 aromatic carbocycles. The fourth-order valence-corrected chi connectivity index (χ4v) is 4.12. The van der Waals surface area contributed by atoms with Crippen molar-refractivity contribution in [2.45, 2.75) is 38.4 Å². The Balaban J connectivity index is 1.45. The summed E-state index contributed by atoms with van der Waals surface area (Å²) in [6.45, 7) is 2.79. The van der Waals surface area contributed by atoms with Crippen LogP contribution in [0.5, 0.6) is 0 Å². The van der Waals surface area contributed by atoms with Crippen LogP contribution in [0.4, 0.5) is 35.9 Å². The van der Waals surface area contributed by atoms with E-state index in [-0.39, 0.29) is 18.7 Å². The van der Waals surface area contributed by atoms with E-state index < -0.39 is 18.1 Å². The van der Waals surface area contributed by atoms with E-state index in [1.807, 2.05) is 48.2 Å². The van der Waals surface area contributed by atoms with E-state index in [1.54, 1.807) is 0 Å². The second-order valence-electron chi connectivity index (χ2n) is 8.10. The number of nitrogens with one attached hydrogen (secondary N) is 2. The van der Waals surface area contributed by atoms with Gasteiger partial charge in [0.15, 0.2) is 0 Å². The molecule has 2 aromatic rings. The zero-order valence-corrected chi connectivity index (χ0v) is 16.7. The minimum Gasteiger partial charge on any atom is -0.371 e. The van der Waals surface area contributed by atoms with Crippen LogP contribution in [0, 0.1) is 12.8 Å². The van der Waals surface area contributed by atoms with Crippen LogP contribution >= 0.6 is 0 Å². The number of nitrogens with two attached hydrogens (primary N) is 1. The molecule has 0 aliphatic carbocycles. The molecule has 8 heteroatoms. The third kappa shape index (κ3) is 4.23. The highest BCUT2D eigenvalue weighted by atomic mass is 19.4. The standard InChI is InChI=1S/C22H25F3N4O/c1-13-10-17(29-8-6-15(7-9-29)22(23,24)25)3-5-19(13)27-16-2-4-20-14(11-16)12-18(26)21(30)28-20/h2-5,10-11,15,18,27H,6-9,12,26H2,1H3,(H,28,30). The molecule has 0 saturated carbocycles. The molecule has 0 radical (unpaired) electrons. The first kappa shape index (κ1) is 20.5. The van der Waals surface area contributed by atoms with Gasteiger partial charge in [0.1, 0.15) is 0 Å². The number of alkyl halides is 3. The molecule has 5 nitrogen and oxygen atoms in total. The van der Waals surface area contributed by atoms with Gasteiger partial charge in [-0.2, -0.15) is 13.2 Å². The summed E-state index contributed by atoms with van der Waals surface area (Å²) in [4.78, 5) is 13.7. The first-order valence-corrected chi connectivity index (χ1v) is 10.1. The lowest BCUT2D eigenvalue weighted by Gasteiger charge is -2.34. The Kier molecular flexibility index (Phi) is 5.36. The molecule has 0 spiro atoms. The van der Waals surface area contributed by atoms with Crippen molar-refractivity contribution >= 4 is 28.7 Å². The van der Waals surface area contributed by atoms with Gasteiger partial charge in [-0.15, -0.1) is 0 Å². The van der Waals surface area contributed by atoms with Gasteiger partial charge in [-0.05, 0) is 73.7 Å². The number of anilines is 4. The number of piperidine rings is 1. The highest BCUT2D eigenvalue weighted by Gasteiger charge is 2.41. The number of hydrogen-bond acceptors (Lipinski definition) is 4. The second kappa shape index (κ2) is 7.83. The van der Waals surface area contributed by atoms with Gasteiger partial charge < -0.3 is 21.3 Å². The Labute approximate surface area is 173 Å². The summed E-state index contributed by atoms with van der Waals surface area (Å²) in [6, 6.07) is 11.1. The van der Waals surface area contributed by atoms with Crippen molar-refractivity contribution in [3.8, 4) is 0 Å². The number of aryl methyl sites for hydroxylation is 1. The molecule has 4 N–H and O–H groups in total. The third-order valence-corrected chi connectivity index (χ3v) is 5.95. The van der Waals surface area contributed by atoms with E-state index in [2.05, 4.69) is 10.6 Å². The molecule has 2 heterocycles. The lowest BCUT2D eigenvalue weighted by atomic mass is 9.95. The number of carbonyl (C=O) groups is 1. The van der Waals surface area contributed by atoms with Crippen LogP contribution < -0.4 is 21.3 Å². The van der Waals surface area contributed by atoms with Crippen LogP contribution in [0.15, 0.2) is 36.4 Å². The number of nitrogens with zero attached hydrogens (tertiary/aromatic N) is 1. The first-order chi connectivity index (χ1) is 14.2. The van der Waals surface area contributed by atoms with E-state index in [9.17, 15) is 18.0 Å². The molecule has 0 bridgehead atoms. The van der Waals surface area contributed by atoms with Crippen molar-refractivity contribution in [2.24, 2.45) is 11.7 Å². The largest absolute Gasteiger partial charge is 0.391 e. The summed E-state index contributed by atoms with van der Waals surface area (Å²) in [5.74, 6) is -1.37. The molecule has 2 aliphatic heterocycles. The smallest absolute Gasteiger partial charge is 0.371 e. The van der Waals surface area contributed by atoms with Crippen LogP contribution in [-0.2, 0) is 11.2 Å². The van der Waals surface area contributed by atoms with Crippen LogP contribution in [-0.4, -0.2) is 31.2 Å². The molecule has 1 saturated heterocycles. The molecular weight excluding hydrogens is 393 g/mol. The third-order valence-electron chi connectivity index (χ3n) is 5.95. The number of hydrogen-bond donors (Lipinski definition) is 3. The average Bonchev–Trinajstić information content (AvgIpc) is 2.70. The predicted octanol–water partition coefficient (Wildman–Crippen LogP) is 4.34. The fourth-order valence-electron chi connectivity index (χ4n) is 4.12. The first-order valence-electron chi connectivity index (χ1n) is 10.1. The molecule has 1 unspecified atom stereocenters. The maximum Gasteiger partial charge on any atom is 0.391 e. The lowest BCUT2D eigenvalue weighted by molar-refractivity contribution is -0.179. The molecule has 1 amide bonds. The minimum absolute atomic E-state index is 0.135. The monoisotopic (exact) mass is 418 g/mol. The van der Waals surface area contributed by atoms with Crippen molar-refractivity contribution in [3.63, 3.8) is 0 Å². The molecular formula is C22H25F3N4O. The molecule has 30 heavy (non-hydrogen) atoms. The van der Waals surface area contributed by atoms with Crippen molar-refractivity contribution in [1.29, 1.82) is 0 Å². The summed E-state index contributed by atoms with van der Waals surface area (Å²) < 4.78 is 38.7. The number of halogens is 3. The maximum atomic E-state index is 12.9. The molecule has 1 fully saturated rings. The summed E-state index contributed by atoms with van der Waals surface area (Å²) in [5, 5.41) is 6.19. The zero-order valence-electron chi connectivity index (χ0n) is 16.7. The highest BCUT2D eigenvalue weighted by Crippen LogP contribution is 2.36. The van der Waals surface area contributed by atoms with Gasteiger partial charge in [0.25, 0.3) is 0 Å². The minimum atomic E-state index is -4.10. The topological polar surface area (TPSA) is 70.4 Å². The summed E-state index contributed by atoms with van der Waals surface area (Å²) in [7, 11) is 0. The molecule has 4 rings (SSSR count). The van der Waals surface area contributed by atoms with Gasteiger partial charge in [0, 0.05) is 35.8 Å². The van der Waals surface area contributed by atoms with Gasteiger partial charge >= 0.3 is 6.18 Å². The Hall–Kier alpha value is -2.74. The van der Waals surface area contributed by atoms with E-state index in [1.165, 1.54) is 0 Å². The van der Waals surface area contributed by atoms with Crippen LogP contribution in [0.1, 0.15) is 24.0 Å².